The lowest BCUT2D eigenvalue weighted by atomic mass is 9.81. The van der Waals surface area contributed by atoms with Crippen LogP contribution in [0.25, 0.3) is 0 Å². The first kappa shape index (κ1) is 34.7. The Bertz CT molecular complexity index is 1500. The molecule has 2 aromatic carbocycles. The number of hydrogen-bond acceptors (Lipinski definition) is 5. The van der Waals surface area contributed by atoms with Gasteiger partial charge in [-0.05, 0) is 82.8 Å². The van der Waals surface area contributed by atoms with Gasteiger partial charge in [0.1, 0.15) is 11.9 Å². The van der Waals surface area contributed by atoms with Crippen molar-refractivity contribution in [3.05, 3.63) is 59.9 Å². The van der Waals surface area contributed by atoms with Gasteiger partial charge >= 0.3 is 18.3 Å². The fraction of sp³-hybridized carbons (Fsp3) is 0.533. The first-order valence-electron chi connectivity index (χ1n) is 14.4. The highest BCUT2D eigenvalue weighted by atomic mass is 32.2. The van der Waals surface area contributed by atoms with Gasteiger partial charge in [-0.25, -0.2) is 12.8 Å². The van der Waals surface area contributed by atoms with Crippen LogP contribution in [0.2, 0.25) is 0 Å². The number of carbonyl (C=O) groups is 2. The van der Waals surface area contributed by atoms with Crippen LogP contribution in [0.4, 0.5) is 36.4 Å². The molecule has 7 nitrogen and oxygen atoms in total. The Morgan fingerprint density at radius 2 is 1.64 bits per heavy atom. The zero-order valence-electron chi connectivity index (χ0n) is 24.8. The Labute approximate surface area is 256 Å². The molecule has 1 aliphatic heterocycles. The van der Waals surface area contributed by atoms with Gasteiger partial charge in [-0.1, -0.05) is 18.2 Å². The molecular formula is C30H34F7N3O4S. The number of nitrogens with zero attached hydrogens (tertiary/aromatic N) is 3. The second-order valence-corrected chi connectivity index (χ2v) is 13.9. The summed E-state index contributed by atoms with van der Waals surface area (Å²) >= 11 is 0. The molecular weight excluding hydrogens is 631 g/mol. The molecule has 248 valence electrons. The van der Waals surface area contributed by atoms with Crippen LogP contribution in [0.3, 0.4) is 0 Å². The number of alkyl halides is 6. The molecule has 1 saturated carbocycles. The summed E-state index contributed by atoms with van der Waals surface area (Å²) in [7, 11) is -1.96. The largest absolute Gasteiger partial charge is 0.471 e. The zero-order chi connectivity index (χ0) is 33.5. The first-order chi connectivity index (χ1) is 20.8. The van der Waals surface area contributed by atoms with Gasteiger partial charge in [-0.15, -0.1) is 0 Å². The average Bonchev–Trinajstić information content (AvgIpc) is 3.32. The molecule has 2 aromatic rings. The lowest BCUT2D eigenvalue weighted by molar-refractivity contribution is -0.171. The smallest absolute Gasteiger partial charge is 0.338 e. The van der Waals surface area contributed by atoms with Crippen LogP contribution in [0.5, 0.6) is 0 Å². The third kappa shape index (κ3) is 7.62. The standard InChI is InChI=1S/C30H34F7N3O4S/c1-18(2)38(3)22-9-10-25(19(13-22)17-45(43,44)24-7-5-4-6-8-24)39-12-11-26(27(39)41)40(28(42)30(35,36)37)23-15-20(29(32,33)34)14-21(31)16-23/h4-8,14-16,18-19,22,25-26H,9-13,17H2,1-3H3/t19-,22-,25+,26+/m1/s1. The minimum atomic E-state index is -5.59. The van der Waals surface area contributed by atoms with Gasteiger partial charge in [0.05, 0.1) is 16.2 Å². The van der Waals surface area contributed by atoms with E-state index in [0.29, 0.717) is 25.3 Å². The van der Waals surface area contributed by atoms with E-state index in [1.165, 1.54) is 17.0 Å². The second-order valence-electron chi connectivity index (χ2n) is 11.9. The van der Waals surface area contributed by atoms with E-state index in [1.807, 2.05) is 20.9 Å². The summed E-state index contributed by atoms with van der Waals surface area (Å²) in [5.41, 5.74) is -2.69. The van der Waals surface area contributed by atoms with Crippen molar-refractivity contribution < 1.29 is 48.7 Å². The van der Waals surface area contributed by atoms with Gasteiger partial charge in [0.2, 0.25) is 5.91 Å². The van der Waals surface area contributed by atoms with E-state index < -0.39 is 69.1 Å². The predicted octanol–water partition coefficient (Wildman–Crippen LogP) is 5.69. The maximum absolute atomic E-state index is 14.3. The van der Waals surface area contributed by atoms with Gasteiger partial charge < -0.3 is 9.80 Å². The number of halogens is 7. The van der Waals surface area contributed by atoms with Crippen molar-refractivity contribution in [3.63, 3.8) is 0 Å². The molecule has 4 atom stereocenters. The zero-order valence-corrected chi connectivity index (χ0v) is 25.6. The molecule has 1 aliphatic carbocycles. The van der Waals surface area contributed by atoms with Gasteiger partial charge in [0.15, 0.2) is 9.84 Å². The maximum atomic E-state index is 14.3. The number of rotatable bonds is 8. The summed E-state index contributed by atoms with van der Waals surface area (Å²) in [6.07, 6.45) is -9.92. The van der Waals surface area contributed by atoms with E-state index in [4.69, 9.17) is 0 Å². The van der Waals surface area contributed by atoms with E-state index >= 15 is 0 Å². The van der Waals surface area contributed by atoms with E-state index in [0.717, 1.165) is 0 Å². The molecule has 1 heterocycles. The maximum Gasteiger partial charge on any atom is 0.471 e. The molecule has 0 radical (unpaired) electrons. The molecule has 15 heteroatoms. The molecule has 4 rings (SSSR count). The fourth-order valence-electron chi connectivity index (χ4n) is 6.32. The second kappa shape index (κ2) is 12.9. The molecule has 1 saturated heterocycles. The molecule has 0 bridgehead atoms. The van der Waals surface area contributed by atoms with Crippen LogP contribution >= 0.6 is 0 Å². The molecule has 2 aliphatic rings. The summed E-state index contributed by atoms with van der Waals surface area (Å²) in [5, 5.41) is 0. The highest BCUT2D eigenvalue weighted by Crippen LogP contribution is 2.39. The normalized spacial score (nSPS) is 23.2. The number of anilines is 1. The van der Waals surface area contributed by atoms with Crippen LogP contribution in [-0.2, 0) is 25.6 Å². The number of carbonyl (C=O) groups excluding carboxylic acids is 2. The lowest BCUT2D eigenvalue weighted by Gasteiger charge is -2.44. The molecule has 0 N–H and O–H groups in total. The summed E-state index contributed by atoms with van der Waals surface area (Å²) in [6, 6.07) is 5.73. The van der Waals surface area contributed by atoms with Crippen molar-refractivity contribution in [1.29, 1.82) is 0 Å². The highest BCUT2D eigenvalue weighted by molar-refractivity contribution is 7.91. The summed E-state index contributed by atoms with van der Waals surface area (Å²) in [5.74, 6) is -6.14. The van der Waals surface area contributed by atoms with Gasteiger partial charge in [0, 0.05) is 30.4 Å². The Hall–Kier alpha value is -3.20. The Morgan fingerprint density at radius 1 is 1.00 bits per heavy atom. The van der Waals surface area contributed by atoms with Crippen LogP contribution in [0.15, 0.2) is 53.4 Å². The van der Waals surface area contributed by atoms with Gasteiger partial charge in [-0.2, -0.15) is 26.3 Å². The molecule has 2 amide bonds. The van der Waals surface area contributed by atoms with Crippen molar-refractivity contribution in [1.82, 2.24) is 9.80 Å². The van der Waals surface area contributed by atoms with Crippen LogP contribution < -0.4 is 4.90 Å². The predicted molar refractivity (Wildman–Crippen MR) is 151 cm³/mol. The van der Waals surface area contributed by atoms with E-state index in [2.05, 4.69) is 4.90 Å². The number of hydrogen-bond donors (Lipinski definition) is 0. The summed E-state index contributed by atoms with van der Waals surface area (Å²) in [4.78, 5) is 29.7. The summed E-state index contributed by atoms with van der Waals surface area (Å²) < 4.78 is 123. The van der Waals surface area contributed by atoms with Crippen molar-refractivity contribution in [2.45, 2.75) is 80.9 Å². The van der Waals surface area contributed by atoms with Crippen molar-refractivity contribution in [2.75, 3.05) is 24.2 Å². The number of benzene rings is 2. The monoisotopic (exact) mass is 665 g/mol. The summed E-state index contributed by atoms with van der Waals surface area (Å²) in [6.45, 7) is 3.77. The number of amides is 2. The van der Waals surface area contributed by atoms with E-state index in [-0.39, 0.29) is 52.7 Å². The lowest BCUT2D eigenvalue weighted by Crippen LogP contribution is -2.55. The van der Waals surface area contributed by atoms with Gasteiger partial charge in [0.25, 0.3) is 0 Å². The highest BCUT2D eigenvalue weighted by Gasteiger charge is 2.52. The Kier molecular flexibility index (Phi) is 9.93. The Balaban J connectivity index is 1.70. The molecule has 0 aromatic heterocycles. The molecule has 0 spiro atoms. The van der Waals surface area contributed by atoms with Crippen LogP contribution in [0, 0.1) is 11.7 Å². The van der Waals surface area contributed by atoms with Crippen molar-refractivity contribution >= 4 is 27.3 Å². The fourth-order valence-corrected chi connectivity index (χ4v) is 8.00. The van der Waals surface area contributed by atoms with Crippen LogP contribution in [-0.4, -0.2) is 79.7 Å². The minimum Gasteiger partial charge on any atom is -0.338 e. The first-order valence-corrected chi connectivity index (χ1v) is 16.0. The third-order valence-corrected chi connectivity index (χ3v) is 10.6. The average molecular weight is 666 g/mol. The molecule has 2 fully saturated rings. The Morgan fingerprint density at radius 3 is 2.22 bits per heavy atom. The van der Waals surface area contributed by atoms with E-state index in [9.17, 15) is 48.7 Å². The molecule has 45 heavy (non-hydrogen) atoms. The van der Waals surface area contributed by atoms with Crippen LogP contribution in [0.1, 0.15) is 45.1 Å². The topological polar surface area (TPSA) is 78.0 Å². The van der Waals surface area contributed by atoms with Gasteiger partial charge in [-0.3, -0.25) is 14.5 Å². The molecule has 0 unspecified atom stereocenters. The quantitative estimate of drug-likeness (QED) is 0.339. The number of sulfone groups is 1. The van der Waals surface area contributed by atoms with Crippen molar-refractivity contribution in [3.8, 4) is 0 Å². The minimum absolute atomic E-state index is 0.0536. The third-order valence-electron chi connectivity index (χ3n) is 8.71. The number of likely N-dealkylation sites (tertiary alicyclic amines) is 1. The van der Waals surface area contributed by atoms with E-state index in [1.54, 1.807) is 18.2 Å². The van der Waals surface area contributed by atoms with Crippen molar-refractivity contribution in [2.24, 2.45) is 5.92 Å². The SMILES string of the molecule is CC(C)N(C)[C@@H]1CC[C@H](N2CC[C@H](N(C(=O)C(F)(F)F)c3cc(F)cc(C(F)(F)F)c3)C2=O)[C@@H](CS(=O)(=O)c2ccccc2)C1.